The second-order valence-electron chi connectivity index (χ2n) is 9.82. The van der Waals surface area contributed by atoms with Crippen molar-refractivity contribution in [3.8, 4) is 5.40 Å². The van der Waals surface area contributed by atoms with Crippen LogP contribution in [0.5, 0.6) is 0 Å². The van der Waals surface area contributed by atoms with E-state index >= 15 is 0 Å². The molecule has 0 heterocycles. The van der Waals surface area contributed by atoms with Gasteiger partial charge in [0.25, 0.3) is 0 Å². The Balaban J connectivity index is 0. The van der Waals surface area contributed by atoms with Crippen molar-refractivity contribution in [1.82, 2.24) is 0 Å². The molecule has 29 heavy (non-hydrogen) atoms. The van der Waals surface area contributed by atoms with Gasteiger partial charge in [0.1, 0.15) is 0 Å². The van der Waals surface area contributed by atoms with E-state index in [2.05, 4.69) is 40.7 Å². The lowest BCUT2D eigenvalue weighted by Crippen LogP contribution is -2.35. The lowest BCUT2D eigenvalue weighted by Gasteiger charge is -2.23. The molecule has 0 atom stereocenters. The van der Waals surface area contributed by atoms with Crippen LogP contribution in [0, 0.1) is 10.7 Å². The molecule has 0 aliphatic heterocycles. The smallest absolute Gasteiger partial charge is 0.0780 e. The number of hydrogen-bond donors (Lipinski definition) is 0. The standard InChI is InChI=1S/C25H54N.CHNS/c1-5-6-7-8-9-10-11-12-13-14-15-16-17-18-19-20-21-22-23-24-25-26(2,3)4;2-1-3/h5-25H2,1-4H3;3H/q+1;/p-1. The molecular formula is C26H54N2S. The fourth-order valence-corrected chi connectivity index (χ4v) is 3.84. The number of nitrogens with zero attached hydrogens (tertiary/aromatic N) is 2. The van der Waals surface area contributed by atoms with Crippen LogP contribution in [-0.2, 0) is 12.6 Å². The van der Waals surface area contributed by atoms with Crippen molar-refractivity contribution in [2.45, 2.75) is 135 Å². The van der Waals surface area contributed by atoms with Gasteiger partial charge in [-0.15, -0.1) is 0 Å². The monoisotopic (exact) mass is 426 g/mol. The Morgan fingerprint density at radius 1 is 0.517 bits per heavy atom. The Kier molecular flexibility index (Phi) is 27.4. The molecule has 0 aliphatic rings. The van der Waals surface area contributed by atoms with E-state index in [9.17, 15) is 0 Å². The first-order valence-electron chi connectivity index (χ1n) is 12.8. The summed E-state index contributed by atoms with van der Waals surface area (Å²) < 4.78 is 1.12. The molecule has 0 N–H and O–H groups in total. The van der Waals surface area contributed by atoms with Gasteiger partial charge in [-0.3, -0.25) is 0 Å². The zero-order chi connectivity index (χ0) is 22.1. The average Bonchev–Trinajstić information content (AvgIpc) is 2.66. The Bertz CT molecular complexity index is 331. The largest absolute Gasteiger partial charge is 0.696 e. The molecule has 0 fully saturated rings. The highest BCUT2D eigenvalue weighted by Gasteiger charge is 2.04. The Hall–Kier alpha value is -0.330. The summed E-state index contributed by atoms with van der Waals surface area (Å²) in [5.41, 5.74) is 0. The molecule has 0 bridgehead atoms. The van der Waals surface area contributed by atoms with Gasteiger partial charge in [-0.05, 0) is 12.8 Å². The summed E-state index contributed by atoms with van der Waals surface area (Å²) >= 11 is 3.70. The second-order valence-corrected chi connectivity index (χ2v) is 10.0. The van der Waals surface area contributed by atoms with Gasteiger partial charge in [0.15, 0.2) is 0 Å². The van der Waals surface area contributed by atoms with Gasteiger partial charge in [-0.1, -0.05) is 128 Å². The highest BCUT2D eigenvalue weighted by molar-refractivity contribution is 7.64. The zero-order valence-electron chi connectivity index (χ0n) is 20.7. The molecular weight excluding hydrogens is 372 g/mol. The molecule has 3 heteroatoms. The highest BCUT2D eigenvalue weighted by Crippen LogP contribution is 2.14. The third-order valence-electron chi connectivity index (χ3n) is 5.68. The van der Waals surface area contributed by atoms with E-state index in [0.29, 0.717) is 0 Å². The van der Waals surface area contributed by atoms with Crippen molar-refractivity contribution in [3.05, 3.63) is 0 Å². The van der Waals surface area contributed by atoms with E-state index in [1.54, 1.807) is 0 Å². The summed E-state index contributed by atoms with van der Waals surface area (Å²) in [4.78, 5) is 0. The minimum atomic E-state index is 1.12. The Labute approximate surface area is 190 Å². The third-order valence-corrected chi connectivity index (χ3v) is 5.68. The summed E-state index contributed by atoms with van der Waals surface area (Å²) in [6.07, 6.45) is 29.3. The van der Waals surface area contributed by atoms with Crippen molar-refractivity contribution < 1.29 is 4.48 Å². The lowest BCUT2D eigenvalue weighted by atomic mass is 10.0. The molecule has 0 radical (unpaired) electrons. The molecule has 0 rings (SSSR count). The minimum absolute atomic E-state index is 1.12. The number of hydrogen-bond acceptors (Lipinski definition) is 2. The van der Waals surface area contributed by atoms with Crippen molar-refractivity contribution in [1.29, 1.82) is 5.26 Å². The zero-order valence-corrected chi connectivity index (χ0v) is 21.5. The normalized spacial score (nSPS) is 11.0. The first-order valence-corrected chi connectivity index (χ1v) is 13.2. The lowest BCUT2D eigenvalue weighted by molar-refractivity contribution is -0.870. The Morgan fingerprint density at radius 2 is 0.724 bits per heavy atom. The third kappa shape index (κ3) is 35.5. The van der Waals surface area contributed by atoms with E-state index in [0.717, 1.165) is 4.48 Å². The first-order chi connectivity index (χ1) is 14.0. The van der Waals surface area contributed by atoms with Crippen LogP contribution < -0.4 is 0 Å². The van der Waals surface area contributed by atoms with E-state index in [4.69, 9.17) is 5.26 Å². The quantitative estimate of drug-likeness (QED) is 0.0794. The van der Waals surface area contributed by atoms with E-state index in [1.807, 2.05) is 0 Å². The summed E-state index contributed by atoms with van der Waals surface area (Å²) in [5.74, 6) is 0. The molecule has 2 nitrogen and oxygen atoms in total. The highest BCUT2D eigenvalue weighted by atomic mass is 32.1. The SMILES string of the molecule is CCCCCCCCCCCCCCCCCCCCCC[N+](C)(C)C.N#C[S-]. The second kappa shape index (κ2) is 25.7. The van der Waals surface area contributed by atoms with Gasteiger partial charge in [0.2, 0.25) is 0 Å². The van der Waals surface area contributed by atoms with Gasteiger partial charge < -0.3 is 17.1 Å². The Morgan fingerprint density at radius 3 is 0.931 bits per heavy atom. The van der Waals surface area contributed by atoms with E-state index in [1.165, 1.54) is 140 Å². The molecule has 174 valence electrons. The van der Waals surface area contributed by atoms with Crippen molar-refractivity contribution in [2.75, 3.05) is 27.7 Å². The van der Waals surface area contributed by atoms with Gasteiger partial charge in [-0.25, -0.2) is 5.26 Å². The minimum Gasteiger partial charge on any atom is -0.696 e. The fourth-order valence-electron chi connectivity index (χ4n) is 3.84. The first kappa shape index (κ1) is 30.9. The van der Waals surface area contributed by atoms with Crippen LogP contribution in [-0.4, -0.2) is 32.2 Å². The van der Waals surface area contributed by atoms with E-state index in [-0.39, 0.29) is 0 Å². The molecule has 0 aromatic heterocycles. The van der Waals surface area contributed by atoms with Crippen molar-refractivity contribution in [2.24, 2.45) is 0 Å². The summed E-state index contributed by atoms with van der Waals surface area (Å²) in [6.45, 7) is 3.63. The summed E-state index contributed by atoms with van der Waals surface area (Å²) in [5, 5.41) is 8.47. The molecule has 0 saturated heterocycles. The summed E-state index contributed by atoms with van der Waals surface area (Å²) in [7, 11) is 6.90. The molecule has 0 saturated carbocycles. The topological polar surface area (TPSA) is 23.8 Å². The van der Waals surface area contributed by atoms with Crippen molar-refractivity contribution in [3.63, 3.8) is 0 Å². The summed E-state index contributed by atoms with van der Waals surface area (Å²) in [6, 6.07) is 0. The number of thiocyanates is 1. The van der Waals surface area contributed by atoms with Crippen LogP contribution in [0.4, 0.5) is 0 Å². The number of rotatable bonds is 21. The molecule has 0 aromatic carbocycles. The van der Waals surface area contributed by atoms with Gasteiger partial charge in [-0.2, -0.15) is 0 Å². The number of unbranched alkanes of at least 4 members (excludes halogenated alkanes) is 19. The molecule has 0 aromatic rings. The van der Waals surface area contributed by atoms with Crippen LogP contribution in [0.2, 0.25) is 0 Å². The maximum absolute atomic E-state index is 7.13. The van der Waals surface area contributed by atoms with E-state index < -0.39 is 0 Å². The van der Waals surface area contributed by atoms with Crippen LogP contribution in [0.3, 0.4) is 0 Å². The van der Waals surface area contributed by atoms with Gasteiger partial charge in [0, 0.05) is 0 Å². The van der Waals surface area contributed by atoms with Crippen LogP contribution >= 0.6 is 0 Å². The number of nitriles is 1. The predicted octanol–water partition coefficient (Wildman–Crippen LogP) is 8.53. The van der Waals surface area contributed by atoms with Crippen LogP contribution in [0.25, 0.3) is 0 Å². The molecule has 0 amide bonds. The maximum atomic E-state index is 7.13. The van der Waals surface area contributed by atoms with Gasteiger partial charge in [0.05, 0.1) is 27.7 Å². The molecule has 0 spiro atoms. The molecule has 0 unspecified atom stereocenters. The average molecular weight is 427 g/mol. The number of quaternary nitrogens is 1. The van der Waals surface area contributed by atoms with Crippen molar-refractivity contribution >= 4 is 12.6 Å². The maximum Gasteiger partial charge on any atom is 0.0780 e. The molecule has 0 aliphatic carbocycles. The van der Waals surface area contributed by atoms with Gasteiger partial charge >= 0.3 is 0 Å². The predicted molar refractivity (Wildman–Crippen MR) is 134 cm³/mol. The fraction of sp³-hybridized carbons (Fsp3) is 0.962. The van der Waals surface area contributed by atoms with Crippen LogP contribution in [0.15, 0.2) is 0 Å². The van der Waals surface area contributed by atoms with Crippen LogP contribution in [0.1, 0.15) is 135 Å².